The summed E-state index contributed by atoms with van der Waals surface area (Å²) in [6, 6.07) is 8.24. The number of aryl methyl sites for hydroxylation is 1. The Morgan fingerprint density at radius 1 is 1.33 bits per heavy atom. The molecule has 2 heterocycles. The highest BCUT2D eigenvalue weighted by molar-refractivity contribution is 5.50. The first-order valence-corrected chi connectivity index (χ1v) is 7.52. The number of hydrogen-bond donors (Lipinski definition) is 1. The zero-order valence-corrected chi connectivity index (χ0v) is 12.3. The van der Waals surface area contributed by atoms with Crippen LogP contribution in [-0.4, -0.2) is 29.9 Å². The van der Waals surface area contributed by atoms with E-state index >= 15 is 0 Å². The van der Waals surface area contributed by atoms with Gasteiger partial charge in [-0.15, -0.1) is 0 Å². The van der Waals surface area contributed by atoms with Crippen molar-refractivity contribution in [2.45, 2.75) is 32.1 Å². The molecule has 0 aliphatic carbocycles. The Kier molecular flexibility index (Phi) is 4.50. The molecule has 1 aliphatic rings. The van der Waals surface area contributed by atoms with Crippen molar-refractivity contribution >= 4 is 5.69 Å². The van der Waals surface area contributed by atoms with Crippen LogP contribution in [0.3, 0.4) is 0 Å². The second-order valence-electron chi connectivity index (χ2n) is 5.45. The second-order valence-corrected chi connectivity index (χ2v) is 5.45. The smallest absolute Gasteiger partial charge is 0.228 e. The van der Waals surface area contributed by atoms with Crippen molar-refractivity contribution in [3.05, 3.63) is 41.5 Å². The first-order valence-electron chi connectivity index (χ1n) is 7.52. The number of aromatic nitrogens is 2. The highest BCUT2D eigenvalue weighted by Crippen LogP contribution is 2.23. The highest BCUT2D eigenvalue weighted by Gasteiger charge is 2.21. The normalized spacial score (nSPS) is 18.6. The summed E-state index contributed by atoms with van der Waals surface area (Å²) in [7, 11) is 0. The Morgan fingerprint density at radius 3 is 3.05 bits per heavy atom. The molecule has 3 rings (SSSR count). The lowest BCUT2D eigenvalue weighted by molar-refractivity contribution is 0.0773. The topological polar surface area (TPSA) is 60.2 Å². The first-order chi connectivity index (χ1) is 10.3. The molecule has 0 radical (unpaired) electrons. The van der Waals surface area contributed by atoms with E-state index in [9.17, 15) is 0 Å². The average molecular weight is 287 g/mol. The van der Waals surface area contributed by atoms with Crippen molar-refractivity contribution in [1.82, 2.24) is 10.1 Å². The van der Waals surface area contributed by atoms with Crippen molar-refractivity contribution in [3.8, 4) is 0 Å². The zero-order valence-electron chi connectivity index (χ0n) is 12.3. The van der Waals surface area contributed by atoms with Gasteiger partial charge in [0, 0.05) is 31.2 Å². The van der Waals surface area contributed by atoms with Gasteiger partial charge >= 0.3 is 0 Å². The summed E-state index contributed by atoms with van der Waals surface area (Å²) in [4.78, 5) is 4.49. The number of hydrogen-bond acceptors (Lipinski definition) is 5. The molecule has 1 unspecified atom stereocenters. The van der Waals surface area contributed by atoms with Crippen molar-refractivity contribution < 1.29 is 9.26 Å². The van der Waals surface area contributed by atoms with Crippen molar-refractivity contribution in [2.75, 3.05) is 25.1 Å². The van der Waals surface area contributed by atoms with E-state index < -0.39 is 0 Å². The Hall–Kier alpha value is -1.88. The first kappa shape index (κ1) is 14.1. The van der Waals surface area contributed by atoms with Gasteiger partial charge in [0.25, 0.3) is 0 Å². The SMILES string of the molecule is Cc1ccccc1NCCc1nc(C2CCCOC2)no1. The summed E-state index contributed by atoms with van der Waals surface area (Å²) < 4.78 is 10.8. The minimum atomic E-state index is 0.292. The molecule has 1 N–H and O–H groups in total. The molecule has 0 saturated carbocycles. The predicted molar refractivity (Wildman–Crippen MR) is 80.5 cm³/mol. The molecule has 1 aromatic carbocycles. The fraction of sp³-hybridized carbons (Fsp3) is 0.500. The number of nitrogens with zero attached hydrogens (tertiary/aromatic N) is 2. The number of ether oxygens (including phenoxy) is 1. The van der Waals surface area contributed by atoms with E-state index in [4.69, 9.17) is 9.26 Å². The maximum atomic E-state index is 5.46. The molecule has 1 aromatic heterocycles. The molecular weight excluding hydrogens is 266 g/mol. The summed E-state index contributed by atoms with van der Waals surface area (Å²) in [6.45, 7) is 4.44. The van der Waals surface area contributed by atoms with Gasteiger partial charge in [-0.1, -0.05) is 23.4 Å². The summed E-state index contributed by atoms with van der Waals surface area (Å²) in [5, 5.41) is 7.49. The second kappa shape index (κ2) is 6.72. The van der Waals surface area contributed by atoms with Crippen LogP contribution < -0.4 is 5.32 Å². The van der Waals surface area contributed by atoms with Crippen LogP contribution in [0, 0.1) is 6.92 Å². The molecule has 1 saturated heterocycles. The van der Waals surface area contributed by atoms with E-state index in [-0.39, 0.29) is 0 Å². The molecule has 2 aromatic rings. The molecular formula is C16H21N3O2. The summed E-state index contributed by atoms with van der Waals surface area (Å²) >= 11 is 0. The van der Waals surface area contributed by atoms with Gasteiger partial charge in [0.05, 0.1) is 6.61 Å². The third-order valence-corrected chi connectivity index (χ3v) is 3.81. The molecule has 21 heavy (non-hydrogen) atoms. The Morgan fingerprint density at radius 2 is 2.24 bits per heavy atom. The van der Waals surface area contributed by atoms with Gasteiger partial charge in [-0.25, -0.2) is 0 Å². The Labute approximate surface area is 124 Å². The largest absolute Gasteiger partial charge is 0.384 e. The lowest BCUT2D eigenvalue weighted by atomic mass is 10.0. The molecule has 1 aliphatic heterocycles. The Balaban J connectivity index is 1.52. The minimum Gasteiger partial charge on any atom is -0.384 e. The van der Waals surface area contributed by atoms with E-state index in [1.54, 1.807) is 0 Å². The van der Waals surface area contributed by atoms with Gasteiger partial charge in [-0.3, -0.25) is 0 Å². The van der Waals surface area contributed by atoms with Gasteiger partial charge in [0.15, 0.2) is 5.82 Å². The highest BCUT2D eigenvalue weighted by atomic mass is 16.5. The van der Waals surface area contributed by atoms with Gasteiger partial charge < -0.3 is 14.6 Å². The van der Waals surface area contributed by atoms with Crippen LogP contribution in [0.1, 0.15) is 36.0 Å². The molecule has 0 bridgehead atoms. The maximum Gasteiger partial charge on any atom is 0.228 e. The van der Waals surface area contributed by atoms with Crippen LogP contribution in [-0.2, 0) is 11.2 Å². The van der Waals surface area contributed by atoms with Crippen LogP contribution in [0.4, 0.5) is 5.69 Å². The van der Waals surface area contributed by atoms with E-state index in [0.29, 0.717) is 18.4 Å². The van der Waals surface area contributed by atoms with Crippen LogP contribution in [0.2, 0.25) is 0 Å². The predicted octanol–water partition coefficient (Wildman–Crippen LogP) is 2.93. The lowest BCUT2D eigenvalue weighted by Gasteiger charge is -2.18. The number of rotatable bonds is 5. The summed E-state index contributed by atoms with van der Waals surface area (Å²) in [6.07, 6.45) is 2.89. The van der Waals surface area contributed by atoms with Gasteiger partial charge in [-0.05, 0) is 31.4 Å². The maximum absolute atomic E-state index is 5.46. The third-order valence-electron chi connectivity index (χ3n) is 3.81. The quantitative estimate of drug-likeness (QED) is 0.916. The lowest BCUT2D eigenvalue weighted by Crippen LogP contribution is -2.16. The molecule has 112 valence electrons. The molecule has 5 nitrogen and oxygen atoms in total. The van der Waals surface area contributed by atoms with Gasteiger partial charge in [0.2, 0.25) is 5.89 Å². The van der Waals surface area contributed by atoms with Crippen molar-refractivity contribution in [3.63, 3.8) is 0 Å². The minimum absolute atomic E-state index is 0.292. The van der Waals surface area contributed by atoms with E-state index in [2.05, 4.69) is 34.5 Å². The standard InChI is InChI=1S/C16H21N3O2/c1-12-5-2-3-7-14(12)17-9-8-15-18-16(19-21-15)13-6-4-10-20-11-13/h2-3,5,7,13,17H,4,6,8-11H2,1H3. The van der Waals surface area contributed by atoms with Gasteiger partial charge in [-0.2, -0.15) is 4.98 Å². The third kappa shape index (κ3) is 3.61. The Bertz CT molecular complexity index is 576. The monoisotopic (exact) mass is 287 g/mol. The van der Waals surface area contributed by atoms with E-state index in [1.165, 1.54) is 5.56 Å². The van der Waals surface area contributed by atoms with E-state index in [1.807, 2.05) is 12.1 Å². The van der Waals surface area contributed by atoms with Crippen LogP contribution >= 0.6 is 0 Å². The van der Waals surface area contributed by atoms with E-state index in [0.717, 1.165) is 43.9 Å². The van der Waals surface area contributed by atoms with Crippen molar-refractivity contribution in [2.24, 2.45) is 0 Å². The summed E-state index contributed by atoms with van der Waals surface area (Å²) in [5.41, 5.74) is 2.39. The number of para-hydroxylation sites is 1. The van der Waals surface area contributed by atoms with Crippen LogP contribution in [0.25, 0.3) is 0 Å². The van der Waals surface area contributed by atoms with Crippen molar-refractivity contribution in [1.29, 1.82) is 0 Å². The number of nitrogens with one attached hydrogen (secondary N) is 1. The zero-order chi connectivity index (χ0) is 14.5. The van der Waals surface area contributed by atoms with Crippen LogP contribution in [0.15, 0.2) is 28.8 Å². The average Bonchev–Trinajstić information content (AvgIpc) is 2.99. The number of benzene rings is 1. The van der Waals surface area contributed by atoms with Gasteiger partial charge in [0.1, 0.15) is 0 Å². The number of anilines is 1. The molecule has 1 fully saturated rings. The molecule has 1 atom stereocenters. The molecule has 0 spiro atoms. The summed E-state index contributed by atoms with van der Waals surface area (Å²) in [5.74, 6) is 1.78. The molecule has 0 amide bonds. The fourth-order valence-corrected chi connectivity index (χ4v) is 2.56. The van der Waals surface area contributed by atoms with Crippen LogP contribution in [0.5, 0.6) is 0 Å². The molecule has 5 heteroatoms. The fourth-order valence-electron chi connectivity index (χ4n) is 2.56.